The molecule has 1 unspecified atom stereocenters. The van der Waals surface area contributed by atoms with Gasteiger partial charge in [-0.05, 0) is 12.1 Å². The molecule has 0 aliphatic carbocycles. The van der Waals surface area contributed by atoms with Crippen LogP contribution >= 0.6 is 22.9 Å². The first-order valence-corrected chi connectivity index (χ1v) is 5.66. The molecule has 1 atom stereocenters. The molecule has 0 aromatic carbocycles. The van der Waals surface area contributed by atoms with Crippen LogP contribution in [0.1, 0.15) is 11.3 Å². The third-order valence-corrected chi connectivity index (χ3v) is 3.35. The van der Waals surface area contributed by atoms with E-state index in [2.05, 4.69) is 10.6 Å². The van der Waals surface area contributed by atoms with Crippen LogP contribution in [-0.2, 0) is 16.1 Å². The fourth-order valence-electron chi connectivity index (χ4n) is 1.39. The molecule has 2 amide bonds. The smallest absolute Gasteiger partial charge is 0.244 e. The number of nitrogens with one attached hydrogen (secondary N) is 2. The Morgan fingerprint density at radius 1 is 1.53 bits per heavy atom. The Morgan fingerprint density at radius 3 is 2.87 bits per heavy atom. The van der Waals surface area contributed by atoms with Crippen LogP contribution in [-0.4, -0.2) is 17.9 Å². The Labute approximate surface area is 95.6 Å². The van der Waals surface area contributed by atoms with Gasteiger partial charge in [0.25, 0.3) is 0 Å². The van der Waals surface area contributed by atoms with Crippen molar-refractivity contribution in [1.29, 1.82) is 0 Å². The normalized spacial score (nSPS) is 20.7. The van der Waals surface area contributed by atoms with Gasteiger partial charge < -0.3 is 5.32 Å². The van der Waals surface area contributed by atoms with Crippen molar-refractivity contribution in [1.82, 2.24) is 10.6 Å². The predicted octanol–water partition coefficient (Wildman–Crippen LogP) is 0.906. The second-order valence-electron chi connectivity index (χ2n) is 3.26. The summed E-state index contributed by atoms with van der Waals surface area (Å²) < 4.78 is 0.721. The Hall–Kier alpha value is -0.910. The van der Waals surface area contributed by atoms with Crippen molar-refractivity contribution in [3.05, 3.63) is 21.3 Å². The Balaban J connectivity index is 1.88. The zero-order chi connectivity index (χ0) is 10.8. The summed E-state index contributed by atoms with van der Waals surface area (Å²) in [5, 5.41) is 5.26. The number of rotatable bonds is 3. The number of imide groups is 1. The molecule has 80 valence electrons. The minimum absolute atomic E-state index is 0.220. The van der Waals surface area contributed by atoms with Gasteiger partial charge in [0.15, 0.2) is 0 Å². The van der Waals surface area contributed by atoms with E-state index in [1.807, 2.05) is 12.1 Å². The van der Waals surface area contributed by atoms with Gasteiger partial charge in [-0.3, -0.25) is 14.9 Å². The second kappa shape index (κ2) is 4.30. The quantitative estimate of drug-likeness (QED) is 0.777. The van der Waals surface area contributed by atoms with Gasteiger partial charge in [0.2, 0.25) is 11.8 Å². The molecular weight excluding hydrogens is 236 g/mol. The highest BCUT2D eigenvalue weighted by Gasteiger charge is 2.29. The van der Waals surface area contributed by atoms with E-state index in [1.165, 1.54) is 11.3 Å². The summed E-state index contributed by atoms with van der Waals surface area (Å²) in [6, 6.07) is 3.30. The van der Waals surface area contributed by atoms with Gasteiger partial charge in [-0.1, -0.05) is 11.6 Å². The number of hydrogen-bond acceptors (Lipinski definition) is 4. The molecular formula is C9H9ClN2O2S. The molecule has 1 saturated heterocycles. The molecule has 1 aromatic rings. The van der Waals surface area contributed by atoms with Gasteiger partial charge in [-0.2, -0.15) is 0 Å². The van der Waals surface area contributed by atoms with E-state index >= 15 is 0 Å². The molecule has 4 nitrogen and oxygen atoms in total. The number of halogens is 1. The van der Waals surface area contributed by atoms with Gasteiger partial charge in [-0.25, -0.2) is 0 Å². The SMILES string of the molecule is O=C1CC(NCc2ccc(Cl)s2)C(=O)N1. The molecule has 2 rings (SSSR count). The van der Waals surface area contributed by atoms with E-state index < -0.39 is 6.04 Å². The molecule has 1 aliphatic heterocycles. The average molecular weight is 245 g/mol. The summed E-state index contributed by atoms with van der Waals surface area (Å²) in [6.07, 6.45) is 0.220. The second-order valence-corrected chi connectivity index (χ2v) is 5.06. The van der Waals surface area contributed by atoms with E-state index in [1.54, 1.807) is 0 Å². The lowest BCUT2D eigenvalue weighted by atomic mass is 10.2. The average Bonchev–Trinajstić information content (AvgIpc) is 2.70. The van der Waals surface area contributed by atoms with E-state index in [0.717, 1.165) is 9.21 Å². The number of thiophene rings is 1. The summed E-state index contributed by atoms with van der Waals surface area (Å²) in [4.78, 5) is 23.1. The summed E-state index contributed by atoms with van der Waals surface area (Å²) >= 11 is 7.22. The van der Waals surface area contributed by atoms with Gasteiger partial charge in [0.05, 0.1) is 16.8 Å². The number of carbonyl (C=O) groups excluding carboxylic acids is 2. The van der Waals surface area contributed by atoms with E-state index in [-0.39, 0.29) is 18.2 Å². The number of carbonyl (C=O) groups is 2. The van der Waals surface area contributed by atoms with E-state index in [4.69, 9.17) is 11.6 Å². The molecule has 1 aromatic heterocycles. The minimum Gasteiger partial charge on any atom is -0.300 e. The van der Waals surface area contributed by atoms with Crippen molar-refractivity contribution < 1.29 is 9.59 Å². The molecule has 1 aliphatic rings. The molecule has 0 radical (unpaired) electrons. The molecule has 0 spiro atoms. The zero-order valence-corrected chi connectivity index (χ0v) is 9.32. The highest BCUT2D eigenvalue weighted by Crippen LogP contribution is 2.21. The van der Waals surface area contributed by atoms with Crippen molar-refractivity contribution in [2.24, 2.45) is 0 Å². The highest BCUT2D eigenvalue weighted by molar-refractivity contribution is 7.16. The van der Waals surface area contributed by atoms with Crippen molar-refractivity contribution in [3.63, 3.8) is 0 Å². The lowest BCUT2D eigenvalue weighted by Crippen LogP contribution is -2.35. The molecule has 2 N–H and O–H groups in total. The molecule has 0 bridgehead atoms. The first-order chi connectivity index (χ1) is 7.15. The maximum absolute atomic E-state index is 11.2. The van der Waals surface area contributed by atoms with Gasteiger partial charge >= 0.3 is 0 Å². The molecule has 1 fully saturated rings. The summed E-state index contributed by atoms with van der Waals surface area (Å²) in [7, 11) is 0. The lowest BCUT2D eigenvalue weighted by molar-refractivity contribution is -0.125. The summed E-state index contributed by atoms with van der Waals surface area (Å²) in [5.74, 6) is -0.468. The highest BCUT2D eigenvalue weighted by atomic mass is 35.5. The summed E-state index contributed by atoms with van der Waals surface area (Å²) in [5.41, 5.74) is 0. The third-order valence-electron chi connectivity index (χ3n) is 2.12. The first-order valence-electron chi connectivity index (χ1n) is 4.46. The Bertz CT molecular complexity index is 405. The number of amides is 2. The Kier molecular flexibility index (Phi) is 3.04. The molecule has 6 heteroatoms. The van der Waals surface area contributed by atoms with Crippen molar-refractivity contribution in [2.45, 2.75) is 19.0 Å². The maximum atomic E-state index is 11.2. The van der Waals surface area contributed by atoms with Crippen molar-refractivity contribution in [2.75, 3.05) is 0 Å². The van der Waals surface area contributed by atoms with Crippen LogP contribution < -0.4 is 10.6 Å². The fourth-order valence-corrected chi connectivity index (χ4v) is 2.43. The maximum Gasteiger partial charge on any atom is 0.244 e. The van der Waals surface area contributed by atoms with Crippen LogP contribution in [0.3, 0.4) is 0 Å². The Morgan fingerprint density at radius 2 is 2.33 bits per heavy atom. The monoisotopic (exact) mass is 244 g/mol. The van der Waals surface area contributed by atoms with Crippen LogP contribution in [0.25, 0.3) is 0 Å². The third kappa shape index (κ3) is 2.56. The van der Waals surface area contributed by atoms with Crippen LogP contribution in [0.2, 0.25) is 4.34 Å². The standard InChI is InChI=1S/C9H9ClN2O2S/c10-7-2-1-5(15-7)4-11-6-3-8(13)12-9(6)14/h1-2,6,11H,3-4H2,(H,12,13,14). The summed E-state index contributed by atoms with van der Waals surface area (Å²) in [6.45, 7) is 0.558. The van der Waals surface area contributed by atoms with Crippen molar-refractivity contribution >= 4 is 34.8 Å². The van der Waals surface area contributed by atoms with E-state index in [9.17, 15) is 9.59 Å². The molecule has 2 heterocycles. The zero-order valence-electron chi connectivity index (χ0n) is 7.75. The first kappa shape index (κ1) is 10.6. The largest absolute Gasteiger partial charge is 0.300 e. The van der Waals surface area contributed by atoms with Gasteiger partial charge in [-0.15, -0.1) is 11.3 Å². The van der Waals surface area contributed by atoms with Gasteiger partial charge in [0.1, 0.15) is 0 Å². The molecule has 15 heavy (non-hydrogen) atoms. The minimum atomic E-state index is -0.404. The van der Waals surface area contributed by atoms with E-state index in [0.29, 0.717) is 6.54 Å². The topological polar surface area (TPSA) is 58.2 Å². The number of hydrogen-bond donors (Lipinski definition) is 2. The van der Waals surface area contributed by atoms with Crippen LogP contribution in [0, 0.1) is 0 Å². The molecule has 0 saturated carbocycles. The van der Waals surface area contributed by atoms with Crippen molar-refractivity contribution in [3.8, 4) is 0 Å². The predicted molar refractivity (Wildman–Crippen MR) is 57.7 cm³/mol. The lowest BCUT2D eigenvalue weighted by Gasteiger charge is -2.06. The van der Waals surface area contributed by atoms with Crippen LogP contribution in [0.4, 0.5) is 0 Å². The van der Waals surface area contributed by atoms with Crippen LogP contribution in [0.5, 0.6) is 0 Å². The fraction of sp³-hybridized carbons (Fsp3) is 0.333. The van der Waals surface area contributed by atoms with Gasteiger partial charge in [0, 0.05) is 11.4 Å². The van der Waals surface area contributed by atoms with Crippen LogP contribution in [0.15, 0.2) is 12.1 Å².